The van der Waals surface area contributed by atoms with E-state index in [-0.39, 0.29) is 0 Å². The normalized spacial score (nSPS) is 13.4. The minimum absolute atomic E-state index is 0.406. The summed E-state index contributed by atoms with van der Waals surface area (Å²) in [6.45, 7) is 0. The molecule has 0 atom stereocenters. The van der Waals surface area contributed by atoms with Crippen LogP contribution in [0.1, 0.15) is 44.5 Å². The molecule has 0 spiro atoms. The third-order valence-electron chi connectivity index (χ3n) is 11.6. The molecule has 0 aliphatic heterocycles. The monoisotopic (exact) mass is 1130 g/mol. The zero-order chi connectivity index (χ0) is 56.8. The fourth-order valence-electron chi connectivity index (χ4n) is 9.15. The molecule has 0 saturated carbocycles. The van der Waals surface area contributed by atoms with Crippen molar-refractivity contribution in [2.24, 2.45) is 0 Å². The van der Waals surface area contributed by atoms with Gasteiger partial charge in [-0.25, -0.2) is 0 Å². The zero-order valence-corrected chi connectivity index (χ0v) is 38.1. The highest BCUT2D eigenvalue weighted by molar-refractivity contribution is 7.79. The molecule has 7 rings (SSSR count). The van der Waals surface area contributed by atoms with Gasteiger partial charge in [0.25, 0.3) is 0 Å². The average molecular weight is 1130 g/mol. The van der Waals surface area contributed by atoms with E-state index in [0.717, 1.165) is 0 Å². The molecule has 0 saturated heterocycles. The highest BCUT2D eigenvalue weighted by Crippen LogP contribution is 2.46. The van der Waals surface area contributed by atoms with Gasteiger partial charge >= 0.3 is 49.4 Å². The van der Waals surface area contributed by atoms with Crippen LogP contribution in [0.5, 0.6) is 0 Å². The summed E-state index contributed by atoms with van der Waals surface area (Å²) in [7, 11) is -0.446. The predicted molar refractivity (Wildman–Crippen MR) is 235 cm³/mol. The SMILES string of the molecule is FC(F)(F)c1cccc(C(F)(F)F)c1[B-](c1c(C(F)(F)F)cccc1C(F)(F)F)(c1c(C(F)(F)F)cccc1C(F)(F)F)c1c(C(F)(F)F)cccc1C(F)(F)F.c1ccc(P(c2ccccc2)c2ccccc2)cc1. The van der Waals surface area contributed by atoms with Crippen LogP contribution in [0.4, 0.5) is 105 Å². The van der Waals surface area contributed by atoms with Crippen LogP contribution in [-0.4, -0.2) is 6.15 Å². The first-order valence-electron chi connectivity index (χ1n) is 21.1. The minimum Gasteiger partial charge on any atom is -0.171 e. The van der Waals surface area contributed by atoms with Gasteiger partial charge in [0.05, 0.1) is 0 Å². The van der Waals surface area contributed by atoms with E-state index in [2.05, 4.69) is 91.0 Å². The number of benzene rings is 7. The van der Waals surface area contributed by atoms with Gasteiger partial charge in [0, 0.05) is 44.5 Å². The molecule has 0 N–H and O–H groups in total. The molecule has 26 heteroatoms. The Bertz CT molecular complexity index is 2600. The number of hydrogen-bond acceptors (Lipinski definition) is 0. The molecule has 0 heterocycles. The highest BCUT2D eigenvalue weighted by atomic mass is 31.1. The fourth-order valence-corrected chi connectivity index (χ4v) is 11.5. The molecule has 0 fully saturated rings. The molecular formula is C50H27BF24P-. The van der Waals surface area contributed by atoms with Crippen molar-refractivity contribution < 1.29 is 105 Å². The van der Waals surface area contributed by atoms with Gasteiger partial charge in [-0.15, -0.1) is 0 Å². The van der Waals surface area contributed by atoms with Crippen molar-refractivity contribution in [3.8, 4) is 0 Å². The molecule has 0 aliphatic rings. The van der Waals surface area contributed by atoms with Crippen LogP contribution >= 0.6 is 7.92 Å². The van der Waals surface area contributed by atoms with Crippen molar-refractivity contribution in [1.29, 1.82) is 0 Å². The van der Waals surface area contributed by atoms with Crippen LogP contribution in [0.25, 0.3) is 0 Å². The van der Waals surface area contributed by atoms with Crippen molar-refractivity contribution in [2.75, 3.05) is 0 Å². The molecule has 7 aromatic rings. The Kier molecular flexibility index (Phi) is 16.0. The van der Waals surface area contributed by atoms with E-state index in [9.17, 15) is 0 Å². The van der Waals surface area contributed by atoms with Gasteiger partial charge in [0.1, 0.15) is 6.15 Å². The summed E-state index contributed by atoms with van der Waals surface area (Å²) in [6, 6.07) is 24.2. The first-order valence-corrected chi connectivity index (χ1v) is 22.4. The summed E-state index contributed by atoms with van der Waals surface area (Å²) in [5, 5.41) is 4.19. The molecule has 0 amide bonds. The maximum absolute atomic E-state index is 15.0. The van der Waals surface area contributed by atoms with Gasteiger partial charge in [0.2, 0.25) is 0 Å². The first-order chi connectivity index (χ1) is 34.8. The van der Waals surface area contributed by atoms with Gasteiger partial charge in [-0.3, -0.25) is 0 Å². The predicted octanol–water partition coefficient (Wildman–Crippen LogP) is 14.7. The van der Waals surface area contributed by atoms with E-state index in [1.807, 2.05) is 0 Å². The van der Waals surface area contributed by atoms with Gasteiger partial charge in [0.15, 0.2) is 0 Å². The zero-order valence-electron chi connectivity index (χ0n) is 37.2. The molecule has 7 aromatic carbocycles. The Balaban J connectivity index is 0.000000408. The molecular weight excluding hydrogens is 1100 g/mol. The fraction of sp³-hybridized carbons (Fsp3) is 0.160. The van der Waals surface area contributed by atoms with E-state index < -0.39 is 203 Å². The van der Waals surface area contributed by atoms with Gasteiger partial charge in [-0.1, -0.05) is 164 Å². The average Bonchev–Trinajstić information content (AvgIpc) is 3.30. The van der Waals surface area contributed by atoms with E-state index in [4.69, 9.17) is 0 Å². The lowest BCUT2D eigenvalue weighted by atomic mass is 9.10. The summed E-state index contributed by atoms with van der Waals surface area (Å²) in [4.78, 5) is 0. The lowest BCUT2D eigenvalue weighted by molar-refractivity contribution is -0.142. The van der Waals surface area contributed by atoms with E-state index in [1.165, 1.54) is 15.9 Å². The molecule has 0 aromatic heterocycles. The molecule has 404 valence electrons. The van der Waals surface area contributed by atoms with Crippen LogP contribution in [0.15, 0.2) is 164 Å². The largest absolute Gasteiger partial charge is 0.413 e. The van der Waals surface area contributed by atoms with Gasteiger partial charge < -0.3 is 0 Å². The van der Waals surface area contributed by atoms with Crippen LogP contribution in [0.3, 0.4) is 0 Å². The second-order valence-corrected chi connectivity index (χ2v) is 18.5. The number of rotatable bonds is 7. The van der Waals surface area contributed by atoms with Crippen LogP contribution in [-0.2, 0) is 49.4 Å². The summed E-state index contributed by atoms with van der Waals surface area (Å²) < 4.78 is 360. The van der Waals surface area contributed by atoms with Crippen molar-refractivity contribution in [3.05, 3.63) is 208 Å². The van der Waals surface area contributed by atoms with E-state index in [1.54, 1.807) is 0 Å². The van der Waals surface area contributed by atoms with Crippen molar-refractivity contribution >= 4 is 51.8 Å². The lowest BCUT2D eigenvalue weighted by Gasteiger charge is -2.52. The number of hydrogen-bond donors (Lipinski definition) is 0. The van der Waals surface area contributed by atoms with Crippen LogP contribution in [0.2, 0.25) is 0 Å². The maximum Gasteiger partial charge on any atom is 0.413 e. The first kappa shape index (κ1) is 58.6. The highest BCUT2D eigenvalue weighted by Gasteiger charge is 2.59. The third-order valence-corrected chi connectivity index (χ3v) is 14.1. The Morgan fingerprint density at radius 1 is 0.197 bits per heavy atom. The standard InChI is InChI=1S/C32H12BF24.C18H15P/c34-25(35,36)13-5-1-6-14(26(37,38)39)21(13)33(22-15(27(40,41)42)7-2-8-16(22)28(43,44)45,23-17(29(46,47)48)9-3-10-18(23)30(49,50)51)24-19(31(52,53)54)11-4-12-20(24)32(55,56)57;1-4-10-16(11-5-1)19(17-12-6-2-7-13-17)18-14-8-3-9-15-18/h1-12H;1-15H/q-1;. The summed E-state index contributed by atoms with van der Waals surface area (Å²) >= 11 is 0. The summed E-state index contributed by atoms with van der Waals surface area (Å²) in [5.41, 5.74) is -42.7. The van der Waals surface area contributed by atoms with Crippen molar-refractivity contribution in [3.63, 3.8) is 0 Å². The Morgan fingerprint density at radius 2 is 0.342 bits per heavy atom. The number of alkyl halides is 24. The van der Waals surface area contributed by atoms with Gasteiger partial charge in [-0.2, -0.15) is 127 Å². The van der Waals surface area contributed by atoms with Crippen molar-refractivity contribution in [2.45, 2.75) is 49.4 Å². The van der Waals surface area contributed by atoms with E-state index in [0.29, 0.717) is 0 Å². The second kappa shape index (κ2) is 20.7. The number of halogens is 24. The molecule has 0 radical (unpaired) electrons. The third kappa shape index (κ3) is 12.0. The smallest absolute Gasteiger partial charge is 0.171 e. The lowest BCUT2D eigenvalue weighted by Crippen LogP contribution is -2.81. The maximum atomic E-state index is 15.0. The van der Waals surface area contributed by atoms with Gasteiger partial charge in [-0.05, 0) is 23.8 Å². The van der Waals surface area contributed by atoms with Crippen LogP contribution in [0, 0.1) is 0 Å². The molecule has 0 aliphatic carbocycles. The Morgan fingerprint density at radius 3 is 0.474 bits per heavy atom. The van der Waals surface area contributed by atoms with Crippen molar-refractivity contribution in [1.82, 2.24) is 0 Å². The molecule has 0 unspecified atom stereocenters. The molecule has 0 bridgehead atoms. The Labute approximate surface area is 414 Å². The summed E-state index contributed by atoms with van der Waals surface area (Å²) in [6.07, 6.45) is -62.5. The summed E-state index contributed by atoms with van der Waals surface area (Å²) in [5.74, 6) is 0. The topological polar surface area (TPSA) is 0 Å². The Hall–Kier alpha value is -6.65. The second-order valence-electron chi connectivity index (χ2n) is 16.3. The molecule has 76 heavy (non-hydrogen) atoms. The molecule has 0 nitrogen and oxygen atoms in total. The minimum atomic E-state index is -7.76. The quantitative estimate of drug-likeness (QED) is 0.0848. The van der Waals surface area contributed by atoms with E-state index >= 15 is 105 Å². The van der Waals surface area contributed by atoms with Crippen LogP contribution < -0.4 is 37.8 Å².